The smallest absolute Gasteiger partial charge is 0.0931 e. The van der Waals surface area contributed by atoms with Gasteiger partial charge in [0, 0.05) is 31.8 Å². The SMILES string of the molecule is COC1COCCN(Cc2cccc(Cl)c2)C1. The Hall–Kier alpha value is -0.610. The molecule has 1 heterocycles. The minimum absolute atomic E-state index is 0.164. The number of nitrogens with zero attached hydrogens (tertiary/aromatic N) is 1. The first-order valence-corrected chi connectivity index (χ1v) is 6.23. The molecule has 1 unspecified atom stereocenters. The molecule has 0 aromatic heterocycles. The predicted octanol–water partition coefficient (Wildman–Crippen LogP) is 2.19. The largest absolute Gasteiger partial charge is 0.378 e. The molecule has 0 N–H and O–H groups in total. The van der Waals surface area contributed by atoms with E-state index in [1.54, 1.807) is 7.11 Å². The summed E-state index contributed by atoms with van der Waals surface area (Å²) in [6.07, 6.45) is 0.164. The topological polar surface area (TPSA) is 21.7 Å². The molecule has 4 heteroatoms. The van der Waals surface area contributed by atoms with Crippen molar-refractivity contribution >= 4 is 11.6 Å². The molecule has 0 aliphatic carbocycles. The van der Waals surface area contributed by atoms with Gasteiger partial charge in [-0.3, -0.25) is 4.90 Å². The van der Waals surface area contributed by atoms with Crippen LogP contribution in [-0.2, 0) is 16.0 Å². The summed E-state index contributed by atoms with van der Waals surface area (Å²) in [4.78, 5) is 2.34. The fraction of sp³-hybridized carbons (Fsp3) is 0.538. The van der Waals surface area contributed by atoms with Crippen LogP contribution in [0.25, 0.3) is 0 Å². The van der Waals surface area contributed by atoms with Crippen molar-refractivity contribution in [1.29, 1.82) is 0 Å². The lowest BCUT2D eigenvalue weighted by molar-refractivity contribution is 0.0225. The molecule has 1 aliphatic heterocycles. The van der Waals surface area contributed by atoms with Crippen molar-refractivity contribution in [3.63, 3.8) is 0 Å². The first-order chi connectivity index (χ1) is 8.28. The summed E-state index contributed by atoms with van der Waals surface area (Å²) >= 11 is 5.98. The summed E-state index contributed by atoms with van der Waals surface area (Å²) in [5, 5.41) is 0.789. The lowest BCUT2D eigenvalue weighted by Gasteiger charge is -2.22. The van der Waals surface area contributed by atoms with E-state index in [-0.39, 0.29) is 6.10 Å². The van der Waals surface area contributed by atoms with E-state index >= 15 is 0 Å². The number of ether oxygens (including phenoxy) is 2. The molecule has 17 heavy (non-hydrogen) atoms. The van der Waals surface area contributed by atoms with Gasteiger partial charge in [-0.15, -0.1) is 0 Å². The summed E-state index contributed by atoms with van der Waals surface area (Å²) in [5.74, 6) is 0. The molecule has 0 amide bonds. The standard InChI is InChI=1S/C13H18ClNO2/c1-16-13-9-15(5-6-17-10-13)8-11-3-2-4-12(14)7-11/h2-4,7,13H,5-6,8-10H2,1H3. The summed E-state index contributed by atoms with van der Waals surface area (Å²) in [6.45, 7) is 4.18. The summed E-state index contributed by atoms with van der Waals surface area (Å²) < 4.78 is 10.9. The molecule has 1 saturated heterocycles. The zero-order valence-electron chi connectivity index (χ0n) is 10.1. The Bertz CT molecular complexity index is 359. The maximum Gasteiger partial charge on any atom is 0.0931 e. The van der Waals surface area contributed by atoms with Gasteiger partial charge in [0.1, 0.15) is 0 Å². The molecule has 1 aliphatic rings. The maximum atomic E-state index is 5.98. The van der Waals surface area contributed by atoms with Gasteiger partial charge in [-0.1, -0.05) is 23.7 Å². The fourth-order valence-corrected chi connectivity index (χ4v) is 2.23. The zero-order valence-corrected chi connectivity index (χ0v) is 10.8. The van der Waals surface area contributed by atoms with Gasteiger partial charge in [-0.05, 0) is 17.7 Å². The highest BCUT2D eigenvalue weighted by molar-refractivity contribution is 6.30. The second kappa shape index (κ2) is 6.36. The third-order valence-electron chi connectivity index (χ3n) is 2.95. The number of halogens is 1. The van der Waals surface area contributed by atoms with Gasteiger partial charge in [0.15, 0.2) is 0 Å². The van der Waals surface area contributed by atoms with Crippen molar-refractivity contribution in [1.82, 2.24) is 4.90 Å². The van der Waals surface area contributed by atoms with Gasteiger partial charge >= 0.3 is 0 Å². The van der Waals surface area contributed by atoms with E-state index in [2.05, 4.69) is 11.0 Å². The van der Waals surface area contributed by atoms with Crippen LogP contribution in [0, 0.1) is 0 Å². The van der Waals surface area contributed by atoms with Crippen LogP contribution in [0.4, 0.5) is 0 Å². The van der Waals surface area contributed by atoms with Crippen molar-refractivity contribution < 1.29 is 9.47 Å². The highest BCUT2D eigenvalue weighted by Gasteiger charge is 2.18. The first-order valence-electron chi connectivity index (χ1n) is 5.85. The van der Waals surface area contributed by atoms with Crippen LogP contribution in [0.15, 0.2) is 24.3 Å². The van der Waals surface area contributed by atoms with E-state index in [4.69, 9.17) is 21.1 Å². The van der Waals surface area contributed by atoms with Crippen molar-refractivity contribution in [2.75, 3.05) is 33.4 Å². The first kappa shape index (κ1) is 12.8. The number of hydrogen-bond donors (Lipinski definition) is 0. The van der Waals surface area contributed by atoms with E-state index in [0.29, 0.717) is 6.61 Å². The van der Waals surface area contributed by atoms with E-state index in [1.165, 1.54) is 5.56 Å². The lowest BCUT2D eigenvalue weighted by atomic mass is 10.2. The van der Waals surface area contributed by atoms with Gasteiger partial charge in [0.2, 0.25) is 0 Å². The summed E-state index contributed by atoms with van der Waals surface area (Å²) in [6, 6.07) is 7.99. The molecule has 1 fully saturated rings. The van der Waals surface area contributed by atoms with Gasteiger partial charge in [-0.25, -0.2) is 0 Å². The van der Waals surface area contributed by atoms with Gasteiger partial charge in [-0.2, -0.15) is 0 Å². The van der Waals surface area contributed by atoms with Crippen LogP contribution in [0.2, 0.25) is 5.02 Å². The molecule has 0 saturated carbocycles. The van der Waals surface area contributed by atoms with Crippen LogP contribution in [0.3, 0.4) is 0 Å². The van der Waals surface area contributed by atoms with E-state index in [0.717, 1.165) is 31.3 Å². The normalized spacial score (nSPS) is 22.4. The molecule has 94 valence electrons. The highest BCUT2D eigenvalue weighted by Crippen LogP contribution is 2.14. The van der Waals surface area contributed by atoms with Gasteiger partial charge in [0.25, 0.3) is 0 Å². The predicted molar refractivity (Wildman–Crippen MR) is 68.3 cm³/mol. The second-order valence-electron chi connectivity index (χ2n) is 4.30. The van der Waals surface area contributed by atoms with Crippen LogP contribution < -0.4 is 0 Å². The fourth-order valence-electron chi connectivity index (χ4n) is 2.02. The maximum absolute atomic E-state index is 5.98. The molecular weight excluding hydrogens is 238 g/mol. The Morgan fingerprint density at radius 2 is 2.41 bits per heavy atom. The summed E-state index contributed by atoms with van der Waals surface area (Å²) in [5.41, 5.74) is 1.23. The minimum atomic E-state index is 0.164. The molecule has 1 atom stereocenters. The van der Waals surface area contributed by atoms with E-state index in [1.807, 2.05) is 18.2 Å². The van der Waals surface area contributed by atoms with Gasteiger partial charge < -0.3 is 9.47 Å². The molecule has 0 bridgehead atoms. The Kier molecular flexibility index (Phi) is 4.80. The quantitative estimate of drug-likeness (QED) is 0.827. The number of methoxy groups -OCH3 is 1. The Labute approximate surface area is 107 Å². The Morgan fingerprint density at radius 3 is 3.18 bits per heavy atom. The number of rotatable bonds is 3. The highest BCUT2D eigenvalue weighted by atomic mass is 35.5. The van der Waals surface area contributed by atoms with Crippen LogP contribution in [0.5, 0.6) is 0 Å². The molecule has 3 nitrogen and oxygen atoms in total. The third kappa shape index (κ3) is 3.96. The van der Waals surface area contributed by atoms with Crippen molar-refractivity contribution in [2.24, 2.45) is 0 Å². The van der Waals surface area contributed by atoms with E-state index in [9.17, 15) is 0 Å². The van der Waals surface area contributed by atoms with Crippen molar-refractivity contribution in [2.45, 2.75) is 12.6 Å². The molecule has 1 aromatic rings. The number of benzene rings is 1. The van der Waals surface area contributed by atoms with Crippen molar-refractivity contribution in [3.05, 3.63) is 34.9 Å². The average Bonchev–Trinajstić information content (AvgIpc) is 2.54. The molecule has 0 spiro atoms. The van der Waals surface area contributed by atoms with E-state index < -0.39 is 0 Å². The second-order valence-corrected chi connectivity index (χ2v) is 4.73. The monoisotopic (exact) mass is 255 g/mol. The lowest BCUT2D eigenvalue weighted by Crippen LogP contribution is -2.33. The molecular formula is C13H18ClNO2. The van der Waals surface area contributed by atoms with Crippen molar-refractivity contribution in [3.8, 4) is 0 Å². The molecule has 2 rings (SSSR count). The summed E-state index contributed by atoms with van der Waals surface area (Å²) in [7, 11) is 1.73. The third-order valence-corrected chi connectivity index (χ3v) is 3.18. The van der Waals surface area contributed by atoms with Crippen LogP contribution >= 0.6 is 11.6 Å². The van der Waals surface area contributed by atoms with Crippen LogP contribution in [-0.4, -0.2) is 44.4 Å². The van der Waals surface area contributed by atoms with Gasteiger partial charge in [0.05, 0.1) is 19.3 Å². The Balaban J connectivity index is 1.97. The minimum Gasteiger partial charge on any atom is -0.378 e. The van der Waals surface area contributed by atoms with Crippen LogP contribution in [0.1, 0.15) is 5.56 Å². The number of hydrogen-bond acceptors (Lipinski definition) is 3. The molecule has 0 radical (unpaired) electrons. The molecule has 1 aromatic carbocycles. The average molecular weight is 256 g/mol. The Morgan fingerprint density at radius 1 is 1.53 bits per heavy atom. The zero-order chi connectivity index (χ0) is 12.1.